The van der Waals surface area contributed by atoms with E-state index in [2.05, 4.69) is 33.8 Å². The highest BCUT2D eigenvalue weighted by Crippen LogP contribution is 2.25. The first-order chi connectivity index (χ1) is 14.1. The number of aromatic nitrogens is 3. The summed E-state index contributed by atoms with van der Waals surface area (Å²) in [6.45, 7) is 5.27. The lowest BCUT2D eigenvalue weighted by molar-refractivity contribution is -0.117. The van der Waals surface area contributed by atoms with E-state index in [9.17, 15) is 9.59 Å². The topological polar surface area (TPSA) is 88.9 Å². The number of benzene rings is 1. The van der Waals surface area contributed by atoms with Gasteiger partial charge in [-0.2, -0.15) is 0 Å². The Balaban J connectivity index is 1.58. The van der Waals surface area contributed by atoms with Gasteiger partial charge < -0.3 is 9.88 Å². The molecule has 0 aliphatic carbocycles. The second-order valence-electron chi connectivity index (χ2n) is 6.43. The molecule has 1 aromatic carbocycles. The van der Waals surface area contributed by atoms with Gasteiger partial charge in [0.1, 0.15) is 0 Å². The third-order valence-corrected chi connectivity index (χ3v) is 5.87. The predicted octanol–water partition coefficient (Wildman–Crippen LogP) is 3.84. The number of carbonyl (C=O) groups excluding carboxylic acids is 2. The van der Waals surface area contributed by atoms with Crippen molar-refractivity contribution in [1.82, 2.24) is 25.4 Å². The average Bonchev–Trinajstić information content (AvgIpc) is 3.35. The van der Waals surface area contributed by atoms with Gasteiger partial charge in [0, 0.05) is 17.0 Å². The summed E-state index contributed by atoms with van der Waals surface area (Å²) in [5, 5.41) is 16.2. The van der Waals surface area contributed by atoms with E-state index in [0.717, 1.165) is 34.8 Å². The minimum atomic E-state index is -0.500. The Labute approximate surface area is 177 Å². The Hall–Kier alpha value is -2.65. The lowest BCUT2D eigenvalue weighted by Crippen LogP contribution is -2.39. The Morgan fingerprint density at radius 3 is 2.79 bits per heavy atom. The van der Waals surface area contributed by atoms with E-state index in [-0.39, 0.29) is 11.7 Å². The maximum absolute atomic E-state index is 12.1. The minimum absolute atomic E-state index is 0.0854. The minimum Gasteiger partial charge on any atom is -0.333 e. The summed E-state index contributed by atoms with van der Waals surface area (Å²) in [5.41, 5.74) is 2.14. The number of nitrogens with zero attached hydrogens (tertiary/aromatic N) is 3. The SMILES string of the molecule is CCCn1c(SCC(=O)NC(=O)NCc2cccs2)nnc1-c1cccc(C)c1. The van der Waals surface area contributed by atoms with Crippen molar-refractivity contribution in [3.05, 3.63) is 52.2 Å². The van der Waals surface area contributed by atoms with Crippen LogP contribution in [0.25, 0.3) is 11.4 Å². The zero-order valence-corrected chi connectivity index (χ0v) is 18.0. The first kappa shape index (κ1) is 21.1. The quantitative estimate of drug-likeness (QED) is 0.531. The molecule has 3 aromatic rings. The van der Waals surface area contributed by atoms with Crippen LogP contribution in [0.2, 0.25) is 0 Å². The normalized spacial score (nSPS) is 10.7. The molecule has 0 radical (unpaired) electrons. The van der Waals surface area contributed by atoms with E-state index in [1.807, 2.05) is 47.2 Å². The van der Waals surface area contributed by atoms with Crippen molar-refractivity contribution in [2.45, 2.75) is 38.5 Å². The highest BCUT2D eigenvalue weighted by atomic mass is 32.2. The highest BCUT2D eigenvalue weighted by Gasteiger charge is 2.16. The van der Waals surface area contributed by atoms with Gasteiger partial charge in [-0.15, -0.1) is 21.5 Å². The molecule has 0 aliphatic heterocycles. The smallest absolute Gasteiger partial charge is 0.321 e. The van der Waals surface area contributed by atoms with Crippen molar-refractivity contribution in [3.63, 3.8) is 0 Å². The molecule has 29 heavy (non-hydrogen) atoms. The van der Waals surface area contributed by atoms with Gasteiger partial charge in [0.05, 0.1) is 12.3 Å². The number of rotatable bonds is 8. The summed E-state index contributed by atoms with van der Waals surface area (Å²) in [5.74, 6) is 0.496. The number of thiophene rings is 1. The molecule has 3 rings (SSSR count). The number of thioether (sulfide) groups is 1. The average molecular weight is 430 g/mol. The molecule has 0 aliphatic rings. The van der Waals surface area contributed by atoms with Crippen LogP contribution in [0.5, 0.6) is 0 Å². The van der Waals surface area contributed by atoms with E-state index >= 15 is 0 Å². The largest absolute Gasteiger partial charge is 0.333 e. The molecule has 2 N–H and O–H groups in total. The van der Waals surface area contributed by atoms with Crippen molar-refractivity contribution in [2.75, 3.05) is 5.75 Å². The molecule has 2 heterocycles. The van der Waals surface area contributed by atoms with E-state index in [1.54, 1.807) is 11.3 Å². The standard InChI is InChI=1S/C20H23N5O2S2/c1-3-9-25-18(15-7-4-6-14(2)11-15)23-24-20(25)29-13-17(26)22-19(27)21-12-16-8-5-10-28-16/h4-8,10-11H,3,9,12-13H2,1-2H3,(H2,21,22,26,27). The van der Waals surface area contributed by atoms with Crippen LogP contribution in [0, 0.1) is 6.92 Å². The summed E-state index contributed by atoms with van der Waals surface area (Å²) in [4.78, 5) is 25.0. The molecular formula is C20H23N5O2S2. The molecule has 0 atom stereocenters. The lowest BCUT2D eigenvalue weighted by atomic mass is 10.1. The molecule has 0 saturated carbocycles. The number of hydrogen-bond acceptors (Lipinski definition) is 6. The molecule has 0 saturated heterocycles. The molecule has 9 heteroatoms. The van der Waals surface area contributed by atoms with Gasteiger partial charge in [-0.3, -0.25) is 10.1 Å². The van der Waals surface area contributed by atoms with E-state index in [4.69, 9.17) is 0 Å². The van der Waals surface area contributed by atoms with E-state index in [1.165, 1.54) is 11.8 Å². The first-order valence-corrected chi connectivity index (χ1v) is 11.2. The molecule has 0 unspecified atom stereocenters. The number of hydrogen-bond donors (Lipinski definition) is 2. The highest BCUT2D eigenvalue weighted by molar-refractivity contribution is 7.99. The third-order valence-electron chi connectivity index (χ3n) is 4.03. The zero-order valence-electron chi connectivity index (χ0n) is 16.3. The summed E-state index contributed by atoms with van der Waals surface area (Å²) in [6, 6.07) is 11.4. The molecular weight excluding hydrogens is 406 g/mol. The Bertz CT molecular complexity index is 969. The predicted molar refractivity (Wildman–Crippen MR) is 116 cm³/mol. The van der Waals surface area contributed by atoms with Crippen LogP contribution in [0.4, 0.5) is 4.79 Å². The molecule has 7 nitrogen and oxygen atoms in total. The Morgan fingerprint density at radius 2 is 2.07 bits per heavy atom. The fourth-order valence-electron chi connectivity index (χ4n) is 2.74. The van der Waals surface area contributed by atoms with Gasteiger partial charge in [0.25, 0.3) is 0 Å². The van der Waals surface area contributed by atoms with Crippen LogP contribution in [-0.2, 0) is 17.9 Å². The zero-order chi connectivity index (χ0) is 20.6. The lowest BCUT2D eigenvalue weighted by Gasteiger charge is -2.09. The molecule has 152 valence electrons. The van der Waals surface area contributed by atoms with Crippen molar-refractivity contribution in [3.8, 4) is 11.4 Å². The maximum atomic E-state index is 12.1. The second kappa shape index (κ2) is 10.2. The van der Waals surface area contributed by atoms with Crippen molar-refractivity contribution in [2.24, 2.45) is 0 Å². The van der Waals surface area contributed by atoms with Gasteiger partial charge in [0.15, 0.2) is 11.0 Å². The Kier molecular flexibility index (Phi) is 7.42. The molecule has 2 aromatic heterocycles. The molecule has 0 spiro atoms. The van der Waals surface area contributed by atoms with E-state index in [0.29, 0.717) is 11.7 Å². The summed E-state index contributed by atoms with van der Waals surface area (Å²) in [7, 11) is 0. The molecule has 3 amide bonds. The van der Waals surface area contributed by atoms with Crippen LogP contribution < -0.4 is 10.6 Å². The number of nitrogens with one attached hydrogen (secondary N) is 2. The Morgan fingerprint density at radius 1 is 1.21 bits per heavy atom. The fourth-order valence-corrected chi connectivity index (χ4v) is 4.14. The van der Waals surface area contributed by atoms with Crippen LogP contribution in [0.3, 0.4) is 0 Å². The summed E-state index contributed by atoms with van der Waals surface area (Å²) >= 11 is 2.82. The van der Waals surface area contributed by atoms with Gasteiger partial charge in [-0.05, 0) is 30.9 Å². The fraction of sp³-hybridized carbons (Fsp3) is 0.300. The van der Waals surface area contributed by atoms with Crippen molar-refractivity contribution >= 4 is 35.0 Å². The first-order valence-electron chi connectivity index (χ1n) is 9.30. The second-order valence-corrected chi connectivity index (χ2v) is 8.40. The van der Waals surface area contributed by atoms with Crippen LogP contribution in [-0.4, -0.2) is 32.5 Å². The van der Waals surface area contributed by atoms with Gasteiger partial charge in [-0.25, -0.2) is 4.79 Å². The van der Waals surface area contributed by atoms with Gasteiger partial charge in [-0.1, -0.05) is 48.5 Å². The van der Waals surface area contributed by atoms with Crippen molar-refractivity contribution < 1.29 is 9.59 Å². The number of imide groups is 1. The number of carbonyl (C=O) groups is 2. The third kappa shape index (κ3) is 5.91. The molecule has 0 fully saturated rings. The summed E-state index contributed by atoms with van der Waals surface area (Å²) in [6.07, 6.45) is 0.918. The van der Waals surface area contributed by atoms with Crippen LogP contribution in [0.1, 0.15) is 23.8 Å². The monoisotopic (exact) mass is 429 g/mol. The van der Waals surface area contributed by atoms with Crippen molar-refractivity contribution in [1.29, 1.82) is 0 Å². The maximum Gasteiger partial charge on any atom is 0.321 e. The number of aryl methyl sites for hydroxylation is 1. The summed E-state index contributed by atoms with van der Waals surface area (Å²) < 4.78 is 2.02. The van der Waals surface area contributed by atoms with Gasteiger partial charge in [0.2, 0.25) is 5.91 Å². The van der Waals surface area contributed by atoms with Gasteiger partial charge >= 0.3 is 6.03 Å². The van der Waals surface area contributed by atoms with Crippen LogP contribution >= 0.6 is 23.1 Å². The molecule has 0 bridgehead atoms. The van der Waals surface area contributed by atoms with E-state index < -0.39 is 6.03 Å². The van der Waals surface area contributed by atoms with Crippen LogP contribution in [0.15, 0.2) is 46.9 Å². The number of amides is 3. The number of urea groups is 1.